The van der Waals surface area contributed by atoms with Crippen LogP contribution in [0.2, 0.25) is 0 Å². The van der Waals surface area contributed by atoms with Gasteiger partial charge in [0.15, 0.2) is 17.3 Å². The molecule has 40 heavy (non-hydrogen) atoms. The standard InChI is InChI=1S/C37H22O3/c38-35(24-10-4-1-5-11-24)30-19-17-23-16-18-28-31(36(39)25-12-6-2-7-13-25)22-32(37(40)26-14-8-3-9-15-26)29-21-20-27(30)33(23)34(28)29/h1-22H. The van der Waals surface area contributed by atoms with Gasteiger partial charge in [-0.05, 0) is 44.5 Å². The summed E-state index contributed by atoms with van der Waals surface area (Å²) in [7, 11) is 0. The van der Waals surface area contributed by atoms with Gasteiger partial charge in [0.1, 0.15) is 0 Å². The van der Waals surface area contributed by atoms with Crippen LogP contribution in [-0.2, 0) is 0 Å². The van der Waals surface area contributed by atoms with Gasteiger partial charge >= 0.3 is 0 Å². The van der Waals surface area contributed by atoms with E-state index in [1.807, 2.05) is 103 Å². The molecule has 0 N–H and O–H groups in total. The molecule has 3 nitrogen and oxygen atoms in total. The lowest BCUT2D eigenvalue weighted by Gasteiger charge is -2.18. The number of hydrogen-bond acceptors (Lipinski definition) is 3. The van der Waals surface area contributed by atoms with Gasteiger partial charge in [-0.25, -0.2) is 0 Å². The zero-order chi connectivity index (χ0) is 27.2. The summed E-state index contributed by atoms with van der Waals surface area (Å²) in [4.78, 5) is 41.4. The number of carbonyl (C=O) groups excluding carboxylic acids is 3. The van der Waals surface area contributed by atoms with Crippen molar-refractivity contribution in [2.24, 2.45) is 0 Å². The van der Waals surface area contributed by atoms with Crippen molar-refractivity contribution in [3.8, 4) is 0 Å². The summed E-state index contributed by atoms with van der Waals surface area (Å²) in [6, 6.07) is 40.8. The summed E-state index contributed by atoms with van der Waals surface area (Å²) in [6.45, 7) is 0. The molecule has 0 aliphatic rings. The molecule has 0 unspecified atom stereocenters. The van der Waals surface area contributed by atoms with Gasteiger partial charge < -0.3 is 0 Å². The Morgan fingerprint density at radius 3 is 1.20 bits per heavy atom. The van der Waals surface area contributed by atoms with E-state index in [0.29, 0.717) is 33.4 Å². The molecule has 0 amide bonds. The Bertz CT molecular complexity index is 2000. The van der Waals surface area contributed by atoms with Crippen LogP contribution >= 0.6 is 0 Å². The van der Waals surface area contributed by atoms with Crippen molar-refractivity contribution in [3.05, 3.63) is 167 Å². The van der Waals surface area contributed by atoms with Crippen molar-refractivity contribution in [3.63, 3.8) is 0 Å². The van der Waals surface area contributed by atoms with E-state index in [-0.39, 0.29) is 17.3 Å². The first kappa shape index (κ1) is 23.7. The Morgan fingerprint density at radius 2 is 0.725 bits per heavy atom. The maximum atomic E-state index is 13.9. The summed E-state index contributed by atoms with van der Waals surface area (Å²) in [6.07, 6.45) is 0. The molecule has 0 aromatic heterocycles. The molecule has 188 valence electrons. The van der Waals surface area contributed by atoms with Crippen LogP contribution in [0, 0.1) is 0 Å². The molecule has 7 aromatic carbocycles. The summed E-state index contributed by atoms with van der Waals surface area (Å²) in [5, 5.41) is 4.96. The Balaban J connectivity index is 1.57. The Kier molecular flexibility index (Phi) is 5.57. The van der Waals surface area contributed by atoms with Gasteiger partial charge in [0, 0.05) is 33.4 Å². The molecule has 3 heteroatoms. The SMILES string of the molecule is O=C(c1ccccc1)c1ccc2ccc3c(C(=O)c4ccccc4)cc(C(=O)c4ccccc4)c4ccc1c2c34. The second-order valence-electron chi connectivity index (χ2n) is 9.92. The Hall–Kier alpha value is -5.41. The van der Waals surface area contributed by atoms with E-state index in [1.54, 1.807) is 30.3 Å². The lowest BCUT2D eigenvalue weighted by atomic mass is 9.84. The predicted molar refractivity (Wildman–Crippen MR) is 160 cm³/mol. The molecule has 0 spiro atoms. The van der Waals surface area contributed by atoms with E-state index < -0.39 is 0 Å². The largest absolute Gasteiger partial charge is 0.289 e. The Morgan fingerprint density at radius 1 is 0.350 bits per heavy atom. The van der Waals surface area contributed by atoms with Gasteiger partial charge in [-0.3, -0.25) is 14.4 Å². The molecule has 0 fully saturated rings. The third kappa shape index (κ3) is 3.71. The third-order valence-corrected chi connectivity index (χ3v) is 7.62. The first-order chi connectivity index (χ1) is 19.6. The molecule has 7 rings (SSSR count). The molecule has 0 heterocycles. The maximum Gasteiger partial charge on any atom is 0.193 e. The van der Waals surface area contributed by atoms with E-state index in [2.05, 4.69) is 0 Å². The van der Waals surface area contributed by atoms with Crippen LogP contribution in [0.3, 0.4) is 0 Å². The zero-order valence-electron chi connectivity index (χ0n) is 21.4. The molecule has 0 aliphatic heterocycles. The molecular formula is C37H22O3. The number of carbonyl (C=O) groups is 3. The highest BCUT2D eigenvalue weighted by Crippen LogP contribution is 2.40. The van der Waals surface area contributed by atoms with E-state index in [4.69, 9.17) is 0 Å². The lowest BCUT2D eigenvalue weighted by molar-refractivity contribution is 0.103. The fourth-order valence-electron chi connectivity index (χ4n) is 5.71. The second kappa shape index (κ2) is 9.40. The zero-order valence-corrected chi connectivity index (χ0v) is 21.4. The van der Waals surface area contributed by atoms with Gasteiger partial charge in [-0.2, -0.15) is 0 Å². The summed E-state index contributed by atoms with van der Waals surface area (Å²) in [5.74, 6) is -0.373. The number of ketones is 3. The van der Waals surface area contributed by atoms with Crippen LogP contribution < -0.4 is 0 Å². The lowest BCUT2D eigenvalue weighted by Crippen LogP contribution is -2.09. The summed E-state index contributed by atoms with van der Waals surface area (Å²) in [5.41, 5.74) is 3.23. The van der Waals surface area contributed by atoms with Crippen molar-refractivity contribution >= 4 is 49.7 Å². The number of rotatable bonds is 6. The average Bonchev–Trinajstić information content (AvgIpc) is 3.03. The van der Waals surface area contributed by atoms with E-state index in [9.17, 15) is 14.4 Å². The molecule has 7 aromatic rings. The molecule has 0 aliphatic carbocycles. The predicted octanol–water partition coefficient (Wildman–Crippen LogP) is 8.28. The summed E-state index contributed by atoms with van der Waals surface area (Å²) >= 11 is 0. The van der Waals surface area contributed by atoms with E-state index in [0.717, 1.165) is 32.3 Å². The van der Waals surface area contributed by atoms with Crippen molar-refractivity contribution in [1.82, 2.24) is 0 Å². The fourth-order valence-corrected chi connectivity index (χ4v) is 5.71. The minimum atomic E-state index is -0.152. The van der Waals surface area contributed by atoms with Gasteiger partial charge in [0.25, 0.3) is 0 Å². The van der Waals surface area contributed by atoms with Crippen molar-refractivity contribution in [2.75, 3.05) is 0 Å². The van der Waals surface area contributed by atoms with Crippen LogP contribution in [0.4, 0.5) is 0 Å². The highest BCUT2D eigenvalue weighted by atomic mass is 16.1. The van der Waals surface area contributed by atoms with Gasteiger partial charge in [0.2, 0.25) is 0 Å². The highest BCUT2D eigenvalue weighted by Gasteiger charge is 2.24. The second-order valence-corrected chi connectivity index (χ2v) is 9.92. The maximum absolute atomic E-state index is 13.9. The highest BCUT2D eigenvalue weighted by molar-refractivity contribution is 6.34. The van der Waals surface area contributed by atoms with Gasteiger partial charge in [0.05, 0.1) is 0 Å². The van der Waals surface area contributed by atoms with E-state index in [1.165, 1.54) is 0 Å². The molecule has 0 bridgehead atoms. The fraction of sp³-hybridized carbons (Fsp3) is 0. The van der Waals surface area contributed by atoms with Crippen LogP contribution in [0.5, 0.6) is 0 Å². The van der Waals surface area contributed by atoms with Crippen molar-refractivity contribution in [1.29, 1.82) is 0 Å². The van der Waals surface area contributed by atoms with Crippen molar-refractivity contribution in [2.45, 2.75) is 0 Å². The van der Waals surface area contributed by atoms with Gasteiger partial charge in [-0.15, -0.1) is 0 Å². The molecule has 0 atom stereocenters. The molecular weight excluding hydrogens is 492 g/mol. The third-order valence-electron chi connectivity index (χ3n) is 7.62. The quantitative estimate of drug-likeness (QED) is 0.166. The minimum Gasteiger partial charge on any atom is -0.289 e. The van der Waals surface area contributed by atoms with Crippen molar-refractivity contribution < 1.29 is 14.4 Å². The van der Waals surface area contributed by atoms with E-state index >= 15 is 0 Å². The number of hydrogen-bond donors (Lipinski definition) is 0. The van der Waals surface area contributed by atoms with Crippen LogP contribution in [-0.4, -0.2) is 17.3 Å². The van der Waals surface area contributed by atoms with Crippen LogP contribution in [0.1, 0.15) is 47.8 Å². The smallest absolute Gasteiger partial charge is 0.193 e. The minimum absolute atomic E-state index is 0.0697. The van der Waals surface area contributed by atoms with Crippen LogP contribution in [0.25, 0.3) is 32.3 Å². The molecule has 0 saturated carbocycles. The monoisotopic (exact) mass is 514 g/mol. The average molecular weight is 515 g/mol. The Labute approximate surface area is 230 Å². The normalized spacial score (nSPS) is 11.3. The molecule has 0 saturated heterocycles. The topological polar surface area (TPSA) is 51.2 Å². The van der Waals surface area contributed by atoms with Gasteiger partial charge in [-0.1, -0.05) is 121 Å². The first-order valence-electron chi connectivity index (χ1n) is 13.2. The first-order valence-corrected chi connectivity index (χ1v) is 13.2. The summed E-state index contributed by atoms with van der Waals surface area (Å²) < 4.78 is 0. The van der Waals surface area contributed by atoms with Crippen LogP contribution in [0.15, 0.2) is 133 Å². The number of benzene rings is 7. The molecule has 0 radical (unpaired) electrons.